The molecule has 0 unspecified atom stereocenters. The lowest BCUT2D eigenvalue weighted by atomic mass is 9.78. The molecule has 0 saturated carbocycles. The highest BCUT2D eigenvalue weighted by Gasteiger charge is 2.52. The third-order valence-electron chi connectivity index (χ3n) is 4.50. The Kier molecular flexibility index (Phi) is 3.66. The number of halogens is 1. The minimum atomic E-state index is -0.612. The van der Waals surface area contributed by atoms with Crippen LogP contribution in [0.1, 0.15) is 38.1 Å². The molecule has 0 aliphatic carbocycles. The van der Waals surface area contributed by atoms with E-state index in [0.29, 0.717) is 35.0 Å². The Bertz CT molecular complexity index is 616. The van der Waals surface area contributed by atoms with Gasteiger partial charge in [-0.05, 0) is 39.8 Å². The fraction of sp³-hybridized carbons (Fsp3) is 0.533. The molecule has 1 saturated heterocycles. The molecule has 0 atom stereocenters. The van der Waals surface area contributed by atoms with Crippen LogP contribution in [0.25, 0.3) is 0 Å². The highest BCUT2D eigenvalue weighted by molar-refractivity contribution is 6.65. The molecule has 1 aromatic rings. The van der Waals surface area contributed by atoms with Crippen molar-refractivity contribution in [3.63, 3.8) is 0 Å². The van der Waals surface area contributed by atoms with Gasteiger partial charge in [-0.2, -0.15) is 0 Å². The molecule has 2 aliphatic heterocycles. The number of nitrogens with one attached hydrogen (secondary N) is 1. The van der Waals surface area contributed by atoms with Gasteiger partial charge in [0.15, 0.2) is 0 Å². The van der Waals surface area contributed by atoms with Crippen molar-refractivity contribution in [2.45, 2.75) is 38.9 Å². The van der Waals surface area contributed by atoms with E-state index < -0.39 is 18.3 Å². The van der Waals surface area contributed by atoms with E-state index in [2.05, 4.69) is 5.32 Å². The predicted molar refractivity (Wildman–Crippen MR) is 85.0 cm³/mol. The van der Waals surface area contributed by atoms with Gasteiger partial charge in [-0.1, -0.05) is 11.6 Å². The number of benzene rings is 1. The van der Waals surface area contributed by atoms with E-state index >= 15 is 0 Å². The summed E-state index contributed by atoms with van der Waals surface area (Å²) in [6, 6.07) is 3.35. The minimum Gasteiger partial charge on any atom is -0.491 e. The van der Waals surface area contributed by atoms with Crippen LogP contribution < -0.4 is 15.5 Å². The topological polar surface area (TPSA) is 56.8 Å². The van der Waals surface area contributed by atoms with Crippen LogP contribution >= 0.6 is 11.6 Å². The summed E-state index contributed by atoms with van der Waals surface area (Å²) in [7, 11) is -0.612. The Balaban J connectivity index is 2.01. The fourth-order valence-electron chi connectivity index (χ4n) is 2.44. The van der Waals surface area contributed by atoms with Crippen molar-refractivity contribution >= 4 is 30.1 Å². The maximum absolute atomic E-state index is 12.1. The van der Waals surface area contributed by atoms with Crippen molar-refractivity contribution in [1.29, 1.82) is 0 Å². The van der Waals surface area contributed by atoms with Gasteiger partial charge >= 0.3 is 7.12 Å². The zero-order valence-electron chi connectivity index (χ0n) is 13.2. The predicted octanol–water partition coefficient (Wildman–Crippen LogP) is 1.76. The molecule has 0 radical (unpaired) electrons. The van der Waals surface area contributed by atoms with E-state index in [1.54, 1.807) is 12.1 Å². The fourth-order valence-corrected chi connectivity index (χ4v) is 2.68. The molecule has 1 amide bonds. The lowest BCUT2D eigenvalue weighted by Crippen LogP contribution is -2.41. The average molecular weight is 324 g/mol. The SMILES string of the molecule is CC1(C)OB(c2cc3c(cc2Cl)OCCNC3=O)OC1(C)C. The van der Waals surface area contributed by atoms with Gasteiger partial charge in [0.05, 0.1) is 23.3 Å². The monoisotopic (exact) mass is 323 g/mol. The number of amides is 1. The summed E-state index contributed by atoms with van der Waals surface area (Å²) in [5, 5.41) is 3.25. The van der Waals surface area contributed by atoms with Crippen molar-refractivity contribution in [3.05, 3.63) is 22.7 Å². The molecule has 1 aromatic carbocycles. The molecule has 0 aromatic heterocycles. The number of hydrogen-bond donors (Lipinski definition) is 1. The summed E-state index contributed by atoms with van der Waals surface area (Å²) < 4.78 is 17.6. The number of carbonyl (C=O) groups excluding carboxylic acids is 1. The van der Waals surface area contributed by atoms with Gasteiger partial charge < -0.3 is 19.4 Å². The van der Waals surface area contributed by atoms with Gasteiger partial charge in [0.1, 0.15) is 12.4 Å². The molecular weight excluding hydrogens is 304 g/mol. The van der Waals surface area contributed by atoms with Crippen LogP contribution in [0, 0.1) is 0 Å². The van der Waals surface area contributed by atoms with Gasteiger partial charge in [-0.3, -0.25) is 4.79 Å². The molecule has 0 spiro atoms. The maximum atomic E-state index is 12.1. The Morgan fingerprint density at radius 2 is 1.82 bits per heavy atom. The van der Waals surface area contributed by atoms with Gasteiger partial charge in [-0.25, -0.2) is 0 Å². The van der Waals surface area contributed by atoms with Crippen LogP contribution in [0.4, 0.5) is 0 Å². The van der Waals surface area contributed by atoms with Crippen molar-refractivity contribution in [1.82, 2.24) is 5.32 Å². The first-order chi connectivity index (χ1) is 10.2. The van der Waals surface area contributed by atoms with Crippen molar-refractivity contribution in [3.8, 4) is 5.75 Å². The Morgan fingerprint density at radius 1 is 1.18 bits per heavy atom. The third kappa shape index (κ3) is 2.49. The number of rotatable bonds is 1. The Morgan fingerprint density at radius 3 is 2.45 bits per heavy atom. The van der Waals surface area contributed by atoms with Gasteiger partial charge in [0.25, 0.3) is 5.91 Å². The molecule has 5 nitrogen and oxygen atoms in total. The standard InChI is InChI=1S/C15H19BClNO4/c1-14(2)15(3,4)22-16(21-14)10-7-9-12(8-11(10)17)20-6-5-18-13(9)19/h7-8H,5-6H2,1-4H3,(H,18,19). The van der Waals surface area contributed by atoms with Gasteiger partial charge in [0.2, 0.25) is 0 Å². The van der Waals surface area contributed by atoms with Crippen LogP contribution in [0.15, 0.2) is 12.1 Å². The highest BCUT2D eigenvalue weighted by atomic mass is 35.5. The molecule has 2 heterocycles. The van der Waals surface area contributed by atoms with Crippen LogP contribution in [0.5, 0.6) is 5.75 Å². The zero-order chi connectivity index (χ0) is 16.1. The van der Waals surface area contributed by atoms with Crippen molar-refractivity contribution in [2.24, 2.45) is 0 Å². The second-order valence-electron chi connectivity index (χ2n) is 6.56. The molecule has 7 heteroatoms. The summed E-state index contributed by atoms with van der Waals surface area (Å²) in [5.41, 5.74) is 0.158. The average Bonchev–Trinajstić information content (AvgIpc) is 2.54. The molecule has 1 fully saturated rings. The lowest BCUT2D eigenvalue weighted by molar-refractivity contribution is 0.00578. The molecule has 118 valence electrons. The van der Waals surface area contributed by atoms with E-state index in [9.17, 15) is 4.79 Å². The van der Waals surface area contributed by atoms with E-state index in [1.165, 1.54) is 0 Å². The first-order valence-corrected chi connectivity index (χ1v) is 7.69. The number of ether oxygens (including phenoxy) is 1. The molecule has 2 aliphatic rings. The summed E-state index contributed by atoms with van der Waals surface area (Å²) in [6.07, 6.45) is 0. The molecule has 1 N–H and O–H groups in total. The van der Waals surface area contributed by atoms with Crippen molar-refractivity contribution < 1.29 is 18.8 Å². The first kappa shape index (κ1) is 15.7. The summed E-state index contributed by atoms with van der Waals surface area (Å²) in [5.74, 6) is 0.308. The molecular formula is C15H19BClNO4. The number of carbonyl (C=O) groups is 1. The van der Waals surface area contributed by atoms with Crippen LogP contribution in [-0.4, -0.2) is 37.4 Å². The highest BCUT2D eigenvalue weighted by Crippen LogP contribution is 2.37. The van der Waals surface area contributed by atoms with Gasteiger partial charge in [0, 0.05) is 10.5 Å². The Labute approximate surface area is 135 Å². The second kappa shape index (κ2) is 5.15. The van der Waals surface area contributed by atoms with E-state index in [-0.39, 0.29) is 5.91 Å². The summed E-state index contributed by atoms with van der Waals surface area (Å²) in [6.45, 7) is 8.78. The van der Waals surface area contributed by atoms with Crippen LogP contribution in [-0.2, 0) is 9.31 Å². The Hall–Kier alpha value is -1.24. The largest absolute Gasteiger partial charge is 0.496 e. The molecule has 3 rings (SSSR count). The van der Waals surface area contributed by atoms with Crippen LogP contribution in [0.2, 0.25) is 5.02 Å². The van der Waals surface area contributed by atoms with E-state index in [4.69, 9.17) is 25.6 Å². The maximum Gasteiger partial charge on any atom is 0.496 e. The molecule has 22 heavy (non-hydrogen) atoms. The normalized spacial score (nSPS) is 22.6. The zero-order valence-corrected chi connectivity index (χ0v) is 13.9. The second-order valence-corrected chi connectivity index (χ2v) is 6.97. The quantitative estimate of drug-likeness (QED) is 0.800. The van der Waals surface area contributed by atoms with Gasteiger partial charge in [-0.15, -0.1) is 0 Å². The third-order valence-corrected chi connectivity index (χ3v) is 4.82. The van der Waals surface area contributed by atoms with E-state index in [1.807, 2.05) is 27.7 Å². The summed E-state index contributed by atoms with van der Waals surface area (Å²) in [4.78, 5) is 12.1. The first-order valence-electron chi connectivity index (χ1n) is 7.31. The number of hydrogen-bond acceptors (Lipinski definition) is 4. The lowest BCUT2D eigenvalue weighted by Gasteiger charge is -2.32. The van der Waals surface area contributed by atoms with E-state index in [0.717, 1.165) is 0 Å². The minimum absolute atomic E-state index is 0.179. The smallest absolute Gasteiger partial charge is 0.491 e. The van der Waals surface area contributed by atoms with Crippen LogP contribution in [0.3, 0.4) is 0 Å². The summed E-state index contributed by atoms with van der Waals surface area (Å²) >= 11 is 6.36. The van der Waals surface area contributed by atoms with Crippen molar-refractivity contribution in [2.75, 3.05) is 13.2 Å². The molecule has 0 bridgehead atoms. The number of fused-ring (bicyclic) bond motifs is 1.